The number of furan rings is 1. The van der Waals surface area contributed by atoms with Crippen LogP contribution in [0, 0.1) is 17.7 Å². The first kappa shape index (κ1) is 24.9. The zero-order valence-electron chi connectivity index (χ0n) is 20.2. The number of Topliss-reactive ketones (excluding diaryl/α,β-unsaturated/α-hetero) is 1. The molecular formula is C27H30N2O5. The van der Waals surface area contributed by atoms with Crippen molar-refractivity contribution in [3.05, 3.63) is 71.0 Å². The Balaban J connectivity index is 1.88. The summed E-state index contributed by atoms with van der Waals surface area (Å²) in [6.07, 6.45) is -0.546. The van der Waals surface area contributed by atoms with Gasteiger partial charge in [0.05, 0.1) is 14.2 Å². The van der Waals surface area contributed by atoms with E-state index >= 15 is 0 Å². The van der Waals surface area contributed by atoms with E-state index in [1.54, 1.807) is 57.5 Å². The van der Waals surface area contributed by atoms with Gasteiger partial charge in [0.1, 0.15) is 23.4 Å². The van der Waals surface area contributed by atoms with Crippen molar-refractivity contribution >= 4 is 17.2 Å². The number of ketones is 1. The maximum atomic E-state index is 13.3. The average molecular weight is 463 g/mol. The zero-order valence-corrected chi connectivity index (χ0v) is 20.2. The second kappa shape index (κ2) is 10.9. The first-order valence-electron chi connectivity index (χ1n) is 11.0. The standard InChI is InChI=1S/C27H30N2O5/c1-6-33-27(19-9-7-18(8-10-19)21(29)13-16(2)28)26(30)23-12-11-22(34-23)20-14-24(31-4)17(3)25(15-20)32-5/h7-12,14-15,27-29H,6,13H2,1-5H3. The number of ether oxygens (including phenoxy) is 3. The van der Waals surface area contributed by atoms with Gasteiger partial charge in [-0.05, 0) is 56.2 Å². The van der Waals surface area contributed by atoms with E-state index in [1.165, 1.54) is 0 Å². The average Bonchev–Trinajstić information content (AvgIpc) is 3.32. The molecular weight excluding hydrogens is 432 g/mol. The number of carbonyl (C=O) groups is 1. The molecule has 34 heavy (non-hydrogen) atoms. The highest BCUT2D eigenvalue weighted by molar-refractivity contribution is 6.09. The highest BCUT2D eigenvalue weighted by atomic mass is 16.5. The number of benzene rings is 2. The largest absolute Gasteiger partial charge is 0.496 e. The third kappa shape index (κ3) is 5.43. The van der Waals surface area contributed by atoms with E-state index in [4.69, 9.17) is 29.4 Å². The minimum Gasteiger partial charge on any atom is -0.496 e. The molecule has 178 valence electrons. The van der Waals surface area contributed by atoms with E-state index in [9.17, 15) is 4.79 Å². The minimum atomic E-state index is -0.834. The molecule has 0 spiro atoms. The molecule has 1 aromatic heterocycles. The van der Waals surface area contributed by atoms with Gasteiger partial charge >= 0.3 is 0 Å². The van der Waals surface area contributed by atoms with E-state index in [2.05, 4.69) is 0 Å². The first-order chi connectivity index (χ1) is 16.3. The van der Waals surface area contributed by atoms with Gasteiger partial charge in [0.25, 0.3) is 0 Å². The Bertz CT molecular complexity index is 1170. The number of rotatable bonds is 11. The summed E-state index contributed by atoms with van der Waals surface area (Å²) in [5.41, 5.74) is 3.77. The molecule has 3 aromatic rings. The van der Waals surface area contributed by atoms with Crippen LogP contribution in [0.2, 0.25) is 0 Å². The van der Waals surface area contributed by atoms with Crippen molar-refractivity contribution in [2.45, 2.75) is 33.3 Å². The Morgan fingerprint density at radius 2 is 1.62 bits per heavy atom. The molecule has 0 amide bonds. The molecule has 0 aliphatic rings. The van der Waals surface area contributed by atoms with Crippen LogP contribution in [0.25, 0.3) is 11.3 Å². The van der Waals surface area contributed by atoms with Crippen molar-refractivity contribution in [1.82, 2.24) is 0 Å². The molecule has 1 heterocycles. The third-order valence-corrected chi connectivity index (χ3v) is 5.46. The van der Waals surface area contributed by atoms with Crippen molar-refractivity contribution < 1.29 is 23.4 Å². The van der Waals surface area contributed by atoms with E-state index < -0.39 is 6.10 Å². The van der Waals surface area contributed by atoms with E-state index in [0.717, 1.165) is 11.1 Å². The van der Waals surface area contributed by atoms with Crippen LogP contribution >= 0.6 is 0 Å². The van der Waals surface area contributed by atoms with Crippen LogP contribution in [0.15, 0.2) is 52.9 Å². The second-order valence-corrected chi connectivity index (χ2v) is 7.93. The quantitative estimate of drug-likeness (QED) is 0.267. The Morgan fingerprint density at radius 3 is 2.15 bits per heavy atom. The molecule has 0 saturated heterocycles. The summed E-state index contributed by atoms with van der Waals surface area (Å²) < 4.78 is 22.6. The van der Waals surface area contributed by atoms with E-state index in [0.29, 0.717) is 46.4 Å². The Labute approximate surface area is 199 Å². The molecule has 7 heteroatoms. The molecule has 0 aliphatic heterocycles. The number of hydrogen-bond donors (Lipinski definition) is 2. The molecule has 1 unspecified atom stereocenters. The molecule has 2 aromatic carbocycles. The van der Waals surface area contributed by atoms with Crippen LogP contribution in [0.3, 0.4) is 0 Å². The van der Waals surface area contributed by atoms with Crippen molar-refractivity contribution in [2.24, 2.45) is 0 Å². The first-order valence-corrected chi connectivity index (χ1v) is 11.0. The van der Waals surface area contributed by atoms with Gasteiger partial charge in [-0.25, -0.2) is 0 Å². The molecule has 0 radical (unpaired) electrons. The monoisotopic (exact) mass is 462 g/mol. The second-order valence-electron chi connectivity index (χ2n) is 7.93. The molecule has 0 bridgehead atoms. The van der Waals surface area contributed by atoms with Gasteiger partial charge in [-0.2, -0.15) is 0 Å². The fraction of sp³-hybridized carbons (Fsp3) is 0.296. The predicted molar refractivity (Wildman–Crippen MR) is 132 cm³/mol. The van der Waals surface area contributed by atoms with Crippen LogP contribution in [-0.2, 0) is 4.74 Å². The molecule has 0 aliphatic carbocycles. The highest BCUT2D eigenvalue weighted by Crippen LogP contribution is 2.35. The van der Waals surface area contributed by atoms with Crippen molar-refractivity contribution in [3.63, 3.8) is 0 Å². The molecule has 7 nitrogen and oxygen atoms in total. The van der Waals surface area contributed by atoms with Gasteiger partial charge in [0.2, 0.25) is 5.78 Å². The lowest BCUT2D eigenvalue weighted by Gasteiger charge is -2.16. The molecule has 3 rings (SSSR count). The Hall–Kier alpha value is -3.71. The molecule has 1 atom stereocenters. The van der Waals surface area contributed by atoms with Gasteiger partial charge in [0, 0.05) is 35.6 Å². The number of hydrogen-bond acceptors (Lipinski definition) is 7. The summed E-state index contributed by atoms with van der Waals surface area (Å²) in [6, 6.07) is 14.2. The Morgan fingerprint density at radius 1 is 1.00 bits per heavy atom. The van der Waals surface area contributed by atoms with Crippen LogP contribution < -0.4 is 9.47 Å². The summed E-state index contributed by atoms with van der Waals surface area (Å²) in [6.45, 7) is 5.76. The number of nitrogens with one attached hydrogen (secondary N) is 2. The van der Waals surface area contributed by atoms with Crippen LogP contribution in [0.5, 0.6) is 11.5 Å². The van der Waals surface area contributed by atoms with E-state index in [1.807, 2.05) is 26.0 Å². The predicted octanol–water partition coefficient (Wildman–Crippen LogP) is 6.03. The van der Waals surface area contributed by atoms with E-state index in [-0.39, 0.29) is 18.0 Å². The SMILES string of the molecule is CCOC(C(=O)c1ccc(-c2cc(OC)c(C)c(OC)c2)o1)c1ccc(C(=N)CC(C)=N)cc1. The van der Waals surface area contributed by atoms with Crippen LogP contribution in [-0.4, -0.2) is 38.0 Å². The molecule has 0 saturated carbocycles. The maximum Gasteiger partial charge on any atom is 0.231 e. The zero-order chi connectivity index (χ0) is 24.8. The summed E-state index contributed by atoms with van der Waals surface area (Å²) >= 11 is 0. The van der Waals surface area contributed by atoms with Gasteiger partial charge < -0.3 is 29.4 Å². The van der Waals surface area contributed by atoms with Gasteiger partial charge in [0.15, 0.2) is 5.76 Å². The lowest BCUT2D eigenvalue weighted by Crippen LogP contribution is -2.16. The van der Waals surface area contributed by atoms with Crippen molar-refractivity contribution in [1.29, 1.82) is 10.8 Å². The lowest BCUT2D eigenvalue weighted by molar-refractivity contribution is 0.0428. The number of carbonyl (C=O) groups excluding carboxylic acids is 1. The maximum absolute atomic E-state index is 13.3. The summed E-state index contributed by atoms with van der Waals surface area (Å²) in [7, 11) is 3.18. The number of methoxy groups -OCH3 is 2. The summed E-state index contributed by atoms with van der Waals surface area (Å²) in [4.78, 5) is 13.3. The molecule has 2 N–H and O–H groups in total. The van der Waals surface area contributed by atoms with Crippen LogP contribution in [0.4, 0.5) is 0 Å². The van der Waals surface area contributed by atoms with Crippen molar-refractivity contribution in [2.75, 3.05) is 20.8 Å². The minimum absolute atomic E-state index is 0.184. The molecule has 0 fully saturated rings. The summed E-state index contributed by atoms with van der Waals surface area (Å²) in [5, 5.41) is 15.7. The smallest absolute Gasteiger partial charge is 0.231 e. The third-order valence-electron chi connectivity index (χ3n) is 5.46. The van der Waals surface area contributed by atoms with Gasteiger partial charge in [-0.15, -0.1) is 0 Å². The fourth-order valence-corrected chi connectivity index (χ4v) is 3.70. The fourth-order valence-electron chi connectivity index (χ4n) is 3.70. The van der Waals surface area contributed by atoms with Gasteiger partial charge in [-0.3, -0.25) is 4.79 Å². The van der Waals surface area contributed by atoms with Gasteiger partial charge in [-0.1, -0.05) is 24.3 Å². The van der Waals surface area contributed by atoms with Crippen LogP contribution in [0.1, 0.15) is 53.6 Å². The van der Waals surface area contributed by atoms with Crippen molar-refractivity contribution in [3.8, 4) is 22.8 Å². The normalized spacial score (nSPS) is 11.7. The highest BCUT2D eigenvalue weighted by Gasteiger charge is 2.26. The Kier molecular flexibility index (Phi) is 8.02. The topological polar surface area (TPSA) is 106 Å². The summed E-state index contributed by atoms with van der Waals surface area (Å²) in [5.74, 6) is 1.73. The lowest BCUT2D eigenvalue weighted by atomic mass is 9.99.